The van der Waals surface area contributed by atoms with Crippen molar-refractivity contribution in [1.29, 1.82) is 0 Å². The summed E-state index contributed by atoms with van der Waals surface area (Å²) in [6.07, 6.45) is 1.68. The van der Waals surface area contributed by atoms with E-state index in [4.69, 9.17) is 9.84 Å². The molecule has 2 aromatic rings. The molecule has 0 atom stereocenters. The maximum atomic E-state index is 10.9. The molecular formula is C14H13BrN2O3. The van der Waals surface area contributed by atoms with Gasteiger partial charge in [0.2, 0.25) is 5.88 Å². The average molecular weight is 337 g/mol. The summed E-state index contributed by atoms with van der Waals surface area (Å²) < 4.78 is 5.60. The minimum atomic E-state index is -0.956. The number of methoxy groups -OCH3 is 1. The van der Waals surface area contributed by atoms with Crippen molar-refractivity contribution < 1.29 is 14.6 Å². The highest BCUT2D eigenvalue weighted by Crippen LogP contribution is 2.22. The highest BCUT2D eigenvalue weighted by molar-refractivity contribution is 9.10. The van der Waals surface area contributed by atoms with E-state index in [1.165, 1.54) is 0 Å². The topological polar surface area (TPSA) is 71.5 Å². The molecule has 0 fully saturated rings. The van der Waals surface area contributed by atoms with Gasteiger partial charge in [-0.3, -0.25) is 0 Å². The van der Waals surface area contributed by atoms with E-state index in [0.29, 0.717) is 16.9 Å². The Morgan fingerprint density at radius 2 is 2.20 bits per heavy atom. The second-order valence-electron chi connectivity index (χ2n) is 4.06. The Balaban J connectivity index is 2.07. The van der Waals surface area contributed by atoms with Crippen molar-refractivity contribution in [2.24, 2.45) is 0 Å². The zero-order valence-electron chi connectivity index (χ0n) is 10.8. The van der Waals surface area contributed by atoms with Crippen molar-refractivity contribution in [2.75, 3.05) is 12.4 Å². The van der Waals surface area contributed by atoms with Crippen LogP contribution in [0.4, 0.5) is 5.69 Å². The van der Waals surface area contributed by atoms with Gasteiger partial charge in [-0.2, -0.15) is 0 Å². The number of hydrogen-bond donors (Lipinski definition) is 2. The van der Waals surface area contributed by atoms with Crippen molar-refractivity contribution in [3.8, 4) is 5.88 Å². The zero-order valence-corrected chi connectivity index (χ0v) is 12.3. The Bertz CT molecular complexity index is 632. The van der Waals surface area contributed by atoms with Crippen LogP contribution in [0.3, 0.4) is 0 Å². The van der Waals surface area contributed by atoms with Gasteiger partial charge >= 0.3 is 5.97 Å². The Morgan fingerprint density at radius 3 is 2.85 bits per heavy atom. The molecule has 20 heavy (non-hydrogen) atoms. The number of ether oxygens (including phenoxy) is 1. The summed E-state index contributed by atoms with van der Waals surface area (Å²) in [6.45, 7) is 0.595. The van der Waals surface area contributed by atoms with Gasteiger partial charge in [0.1, 0.15) is 0 Å². The van der Waals surface area contributed by atoms with Crippen LogP contribution in [-0.4, -0.2) is 23.2 Å². The first-order chi connectivity index (χ1) is 9.60. The first kappa shape index (κ1) is 14.3. The summed E-state index contributed by atoms with van der Waals surface area (Å²) >= 11 is 3.25. The number of halogens is 1. The summed E-state index contributed by atoms with van der Waals surface area (Å²) in [5, 5.41) is 12.2. The zero-order chi connectivity index (χ0) is 14.5. The van der Waals surface area contributed by atoms with E-state index < -0.39 is 5.97 Å². The molecule has 5 nitrogen and oxygen atoms in total. The molecule has 0 spiro atoms. The third-order valence-corrected chi connectivity index (χ3v) is 3.36. The number of carboxylic acids is 1. The molecule has 0 saturated heterocycles. The molecule has 2 N–H and O–H groups in total. The normalized spacial score (nSPS) is 10.1. The van der Waals surface area contributed by atoms with Crippen molar-refractivity contribution in [2.45, 2.75) is 6.54 Å². The number of nitrogens with zero attached hydrogens (tertiary/aromatic N) is 1. The fraction of sp³-hybridized carbons (Fsp3) is 0.143. The molecular weight excluding hydrogens is 324 g/mol. The van der Waals surface area contributed by atoms with Gasteiger partial charge in [-0.05, 0) is 45.8 Å². The number of benzene rings is 1. The Labute approximate surface area is 124 Å². The van der Waals surface area contributed by atoms with Crippen molar-refractivity contribution in [3.63, 3.8) is 0 Å². The molecule has 0 aliphatic rings. The van der Waals surface area contributed by atoms with Crippen LogP contribution in [0.5, 0.6) is 5.88 Å². The van der Waals surface area contributed by atoms with E-state index in [1.807, 2.05) is 12.1 Å². The number of pyridine rings is 1. The lowest BCUT2D eigenvalue weighted by atomic mass is 10.2. The molecule has 0 unspecified atom stereocenters. The molecule has 1 aromatic heterocycles. The molecule has 0 saturated carbocycles. The number of nitrogens with one attached hydrogen (secondary N) is 1. The maximum absolute atomic E-state index is 10.9. The van der Waals surface area contributed by atoms with Crippen LogP contribution in [0.25, 0.3) is 0 Å². The first-order valence-corrected chi connectivity index (χ1v) is 6.65. The standard InChI is InChI=1S/C14H13BrN2O3/c1-20-13-6-9(4-5-16-13)8-17-10-2-3-11(14(18)19)12(15)7-10/h2-7,17H,8H2,1H3,(H,18,19). The lowest BCUT2D eigenvalue weighted by Gasteiger charge is -2.09. The molecule has 104 valence electrons. The van der Waals surface area contributed by atoms with Crippen LogP contribution in [0, 0.1) is 0 Å². The number of hydrogen-bond acceptors (Lipinski definition) is 4. The number of aromatic carboxylic acids is 1. The summed E-state index contributed by atoms with van der Waals surface area (Å²) in [7, 11) is 1.57. The summed E-state index contributed by atoms with van der Waals surface area (Å²) in [6, 6.07) is 8.75. The fourth-order valence-electron chi connectivity index (χ4n) is 1.67. The number of carboxylic acid groups (broad SMARTS) is 1. The van der Waals surface area contributed by atoms with Crippen LogP contribution < -0.4 is 10.1 Å². The number of rotatable bonds is 5. The van der Waals surface area contributed by atoms with Gasteiger partial charge in [0.15, 0.2) is 0 Å². The smallest absolute Gasteiger partial charge is 0.336 e. The average Bonchev–Trinajstić information content (AvgIpc) is 2.45. The van der Waals surface area contributed by atoms with Gasteiger partial charge in [-0.15, -0.1) is 0 Å². The molecule has 6 heteroatoms. The molecule has 0 bridgehead atoms. The maximum Gasteiger partial charge on any atom is 0.336 e. The Morgan fingerprint density at radius 1 is 1.40 bits per heavy atom. The van der Waals surface area contributed by atoms with Gasteiger partial charge < -0.3 is 15.2 Å². The number of anilines is 1. The third kappa shape index (κ3) is 3.48. The molecule has 1 heterocycles. The second kappa shape index (κ2) is 6.38. The van der Waals surface area contributed by atoms with Crippen LogP contribution in [-0.2, 0) is 6.54 Å². The molecule has 0 aliphatic heterocycles. The molecule has 0 aliphatic carbocycles. The van der Waals surface area contributed by atoms with Crippen molar-refractivity contribution in [1.82, 2.24) is 4.98 Å². The molecule has 2 rings (SSSR count). The summed E-state index contributed by atoms with van der Waals surface area (Å²) in [5.41, 5.74) is 2.09. The minimum absolute atomic E-state index is 0.237. The first-order valence-electron chi connectivity index (χ1n) is 5.86. The Kier molecular flexibility index (Phi) is 4.57. The van der Waals surface area contributed by atoms with Crippen molar-refractivity contribution >= 4 is 27.6 Å². The largest absolute Gasteiger partial charge is 0.481 e. The number of carbonyl (C=O) groups is 1. The monoisotopic (exact) mass is 336 g/mol. The lowest BCUT2D eigenvalue weighted by Crippen LogP contribution is -2.02. The number of aromatic nitrogens is 1. The van der Waals surface area contributed by atoms with Crippen LogP contribution in [0.15, 0.2) is 41.0 Å². The highest BCUT2D eigenvalue weighted by Gasteiger charge is 2.08. The predicted octanol–water partition coefficient (Wildman–Crippen LogP) is 3.16. The van der Waals surface area contributed by atoms with E-state index in [2.05, 4.69) is 26.2 Å². The SMILES string of the molecule is COc1cc(CNc2ccc(C(=O)O)c(Br)c2)ccn1. The van der Waals surface area contributed by atoms with Gasteiger partial charge in [-0.25, -0.2) is 9.78 Å². The fourth-order valence-corrected chi connectivity index (χ4v) is 2.22. The second-order valence-corrected chi connectivity index (χ2v) is 4.91. The van der Waals surface area contributed by atoms with Crippen molar-refractivity contribution in [3.05, 3.63) is 52.1 Å². The molecule has 1 aromatic carbocycles. The van der Waals surface area contributed by atoms with E-state index in [-0.39, 0.29) is 5.56 Å². The van der Waals surface area contributed by atoms with Crippen LogP contribution in [0.2, 0.25) is 0 Å². The van der Waals surface area contributed by atoms with Gasteiger partial charge in [0.05, 0.1) is 12.7 Å². The minimum Gasteiger partial charge on any atom is -0.481 e. The van der Waals surface area contributed by atoms with Gasteiger partial charge in [-0.1, -0.05) is 0 Å². The van der Waals surface area contributed by atoms with Crippen LogP contribution in [0.1, 0.15) is 15.9 Å². The van der Waals surface area contributed by atoms with E-state index in [1.54, 1.807) is 31.5 Å². The highest BCUT2D eigenvalue weighted by atomic mass is 79.9. The lowest BCUT2D eigenvalue weighted by molar-refractivity contribution is 0.0696. The van der Waals surface area contributed by atoms with Gasteiger partial charge in [0.25, 0.3) is 0 Å². The summed E-state index contributed by atoms with van der Waals surface area (Å²) in [4.78, 5) is 14.9. The third-order valence-electron chi connectivity index (χ3n) is 2.70. The van der Waals surface area contributed by atoms with E-state index in [0.717, 1.165) is 11.3 Å². The van der Waals surface area contributed by atoms with Crippen LogP contribution >= 0.6 is 15.9 Å². The molecule has 0 amide bonds. The molecule has 0 radical (unpaired) electrons. The van der Waals surface area contributed by atoms with E-state index >= 15 is 0 Å². The quantitative estimate of drug-likeness (QED) is 0.877. The predicted molar refractivity (Wildman–Crippen MR) is 79.2 cm³/mol. The van der Waals surface area contributed by atoms with Gasteiger partial charge in [0, 0.05) is 29.0 Å². The van der Waals surface area contributed by atoms with E-state index in [9.17, 15) is 4.79 Å². The summed E-state index contributed by atoms with van der Waals surface area (Å²) in [5.74, 6) is -0.394. The Hall–Kier alpha value is -2.08.